The number of hydrogen-bond donors (Lipinski definition) is 0. The molecule has 2 aromatic rings. The van der Waals surface area contributed by atoms with Gasteiger partial charge in [0.2, 0.25) is 0 Å². The maximum atomic E-state index is 12.0. The van der Waals surface area contributed by atoms with Crippen molar-refractivity contribution >= 4 is 33.4 Å². The zero-order valence-electron chi connectivity index (χ0n) is 10.5. The van der Waals surface area contributed by atoms with Crippen LogP contribution in [0.15, 0.2) is 28.7 Å². The van der Waals surface area contributed by atoms with Gasteiger partial charge >= 0.3 is 0 Å². The Balaban J connectivity index is 2.06. The number of aryl methyl sites for hydroxylation is 2. The van der Waals surface area contributed by atoms with Crippen LogP contribution in [0, 0.1) is 13.8 Å². The predicted octanol–water partition coefficient (Wildman–Crippen LogP) is 3.64. The molecule has 0 aliphatic heterocycles. The average molecular weight is 344 g/mol. The van der Waals surface area contributed by atoms with Crippen LogP contribution >= 0.6 is 27.5 Å². The minimum Gasteiger partial charge on any atom is -0.482 e. The topological polar surface area (TPSA) is 44.1 Å². The van der Waals surface area contributed by atoms with E-state index >= 15 is 0 Å². The Morgan fingerprint density at radius 1 is 1.42 bits per heavy atom. The number of hydrogen-bond acceptors (Lipinski definition) is 3. The van der Waals surface area contributed by atoms with Crippen molar-refractivity contribution in [2.45, 2.75) is 13.8 Å². The molecule has 4 nitrogen and oxygen atoms in total. The number of nitrogens with zero attached hydrogens (tertiary/aromatic N) is 2. The van der Waals surface area contributed by atoms with Crippen LogP contribution in [0.2, 0.25) is 5.02 Å². The molecule has 0 saturated heterocycles. The SMILES string of the molecule is Cc1cc(C)n(C(=O)COc2ccc(Br)cc2Cl)n1. The molecule has 0 fully saturated rings. The largest absolute Gasteiger partial charge is 0.482 e. The van der Waals surface area contributed by atoms with Gasteiger partial charge in [-0.1, -0.05) is 27.5 Å². The van der Waals surface area contributed by atoms with Gasteiger partial charge in [-0.25, -0.2) is 4.68 Å². The Morgan fingerprint density at radius 2 is 2.16 bits per heavy atom. The van der Waals surface area contributed by atoms with E-state index in [9.17, 15) is 4.79 Å². The third-order valence-electron chi connectivity index (χ3n) is 2.49. The van der Waals surface area contributed by atoms with Crippen molar-refractivity contribution in [1.29, 1.82) is 0 Å². The van der Waals surface area contributed by atoms with Gasteiger partial charge in [-0.05, 0) is 38.1 Å². The van der Waals surface area contributed by atoms with E-state index in [1.165, 1.54) is 4.68 Å². The normalized spacial score (nSPS) is 10.5. The fraction of sp³-hybridized carbons (Fsp3) is 0.231. The lowest BCUT2D eigenvalue weighted by Crippen LogP contribution is -2.21. The highest BCUT2D eigenvalue weighted by Gasteiger charge is 2.12. The molecule has 1 aromatic heterocycles. The van der Waals surface area contributed by atoms with Crippen molar-refractivity contribution in [2.75, 3.05) is 6.61 Å². The van der Waals surface area contributed by atoms with Gasteiger partial charge < -0.3 is 4.74 Å². The van der Waals surface area contributed by atoms with E-state index < -0.39 is 0 Å². The van der Waals surface area contributed by atoms with Crippen LogP contribution < -0.4 is 4.74 Å². The van der Waals surface area contributed by atoms with Gasteiger partial charge in [0.1, 0.15) is 5.75 Å². The number of halogens is 2. The summed E-state index contributed by atoms with van der Waals surface area (Å²) in [7, 11) is 0. The van der Waals surface area contributed by atoms with Gasteiger partial charge in [0.05, 0.1) is 10.7 Å². The Hall–Kier alpha value is -1.33. The van der Waals surface area contributed by atoms with Crippen LogP contribution in [0.1, 0.15) is 16.2 Å². The molecular formula is C13H12BrClN2O2. The second-order valence-electron chi connectivity index (χ2n) is 4.10. The summed E-state index contributed by atoms with van der Waals surface area (Å²) in [5.41, 5.74) is 1.58. The first kappa shape index (κ1) is 14.1. The Morgan fingerprint density at radius 3 is 2.74 bits per heavy atom. The van der Waals surface area contributed by atoms with Crippen LogP contribution in [0.5, 0.6) is 5.75 Å². The molecule has 0 atom stereocenters. The van der Waals surface area contributed by atoms with E-state index in [0.717, 1.165) is 15.9 Å². The smallest absolute Gasteiger partial charge is 0.284 e. The molecule has 1 aromatic carbocycles. The van der Waals surface area contributed by atoms with Crippen LogP contribution in [-0.2, 0) is 0 Å². The lowest BCUT2D eigenvalue weighted by molar-refractivity contribution is 0.0818. The molecule has 6 heteroatoms. The maximum absolute atomic E-state index is 12.0. The molecule has 0 spiro atoms. The number of carbonyl (C=O) groups excluding carboxylic acids is 1. The van der Waals surface area contributed by atoms with E-state index in [4.69, 9.17) is 16.3 Å². The minimum atomic E-state index is -0.232. The summed E-state index contributed by atoms with van der Waals surface area (Å²) < 4.78 is 7.60. The molecule has 0 bridgehead atoms. The molecule has 100 valence electrons. The third kappa shape index (κ3) is 3.36. The lowest BCUT2D eigenvalue weighted by atomic mass is 10.3. The molecule has 0 radical (unpaired) electrons. The highest BCUT2D eigenvalue weighted by Crippen LogP contribution is 2.27. The number of rotatable bonds is 3. The first-order valence-corrected chi connectivity index (χ1v) is 6.79. The summed E-state index contributed by atoms with van der Waals surface area (Å²) >= 11 is 9.31. The summed E-state index contributed by atoms with van der Waals surface area (Å²) in [6.45, 7) is 3.55. The van der Waals surface area contributed by atoms with Gasteiger partial charge in [-0.15, -0.1) is 0 Å². The van der Waals surface area contributed by atoms with E-state index in [0.29, 0.717) is 10.8 Å². The molecule has 0 N–H and O–H groups in total. The third-order valence-corrected chi connectivity index (χ3v) is 3.28. The van der Waals surface area contributed by atoms with Gasteiger partial charge in [0, 0.05) is 10.2 Å². The maximum Gasteiger partial charge on any atom is 0.284 e. The number of benzene rings is 1. The highest BCUT2D eigenvalue weighted by molar-refractivity contribution is 9.10. The Bertz CT molecular complexity index is 625. The molecule has 1 heterocycles. The van der Waals surface area contributed by atoms with Gasteiger partial charge in [-0.2, -0.15) is 5.10 Å². The molecule has 0 aliphatic rings. The summed E-state index contributed by atoms with van der Waals surface area (Å²) in [4.78, 5) is 12.0. The molecule has 2 rings (SSSR count). The van der Waals surface area contributed by atoms with Crippen LogP contribution in [0.4, 0.5) is 0 Å². The second-order valence-corrected chi connectivity index (χ2v) is 5.42. The van der Waals surface area contributed by atoms with E-state index in [2.05, 4.69) is 21.0 Å². The summed E-state index contributed by atoms with van der Waals surface area (Å²) in [6, 6.07) is 7.06. The molecule has 0 amide bonds. The number of carbonyl (C=O) groups is 1. The van der Waals surface area contributed by atoms with Gasteiger partial charge in [0.25, 0.3) is 5.91 Å². The van der Waals surface area contributed by atoms with Gasteiger partial charge in [0.15, 0.2) is 6.61 Å². The van der Waals surface area contributed by atoms with Crippen molar-refractivity contribution in [2.24, 2.45) is 0 Å². The number of aromatic nitrogens is 2. The fourth-order valence-electron chi connectivity index (χ4n) is 1.67. The predicted molar refractivity (Wildman–Crippen MR) is 77.0 cm³/mol. The zero-order valence-corrected chi connectivity index (χ0v) is 12.8. The van der Waals surface area contributed by atoms with Crippen LogP contribution in [-0.4, -0.2) is 22.3 Å². The number of ether oxygens (including phenoxy) is 1. The Kier molecular flexibility index (Phi) is 4.27. The van der Waals surface area contributed by atoms with Crippen LogP contribution in [0.25, 0.3) is 0 Å². The van der Waals surface area contributed by atoms with Crippen molar-refractivity contribution in [3.05, 3.63) is 45.1 Å². The summed E-state index contributed by atoms with van der Waals surface area (Å²) in [6.07, 6.45) is 0. The summed E-state index contributed by atoms with van der Waals surface area (Å²) in [5, 5.41) is 4.56. The first-order chi connectivity index (χ1) is 8.97. The molecule has 0 unspecified atom stereocenters. The van der Waals surface area contributed by atoms with E-state index in [1.807, 2.05) is 19.9 Å². The van der Waals surface area contributed by atoms with Crippen LogP contribution in [0.3, 0.4) is 0 Å². The highest BCUT2D eigenvalue weighted by atomic mass is 79.9. The second kappa shape index (κ2) is 5.75. The zero-order chi connectivity index (χ0) is 14.0. The first-order valence-electron chi connectivity index (χ1n) is 5.61. The van der Waals surface area contributed by atoms with E-state index in [-0.39, 0.29) is 12.5 Å². The lowest BCUT2D eigenvalue weighted by Gasteiger charge is -2.08. The molecule has 19 heavy (non-hydrogen) atoms. The molecule has 0 aliphatic carbocycles. The van der Waals surface area contributed by atoms with Crippen molar-refractivity contribution in [1.82, 2.24) is 9.78 Å². The Labute approximate surface area is 124 Å². The van der Waals surface area contributed by atoms with Crippen molar-refractivity contribution < 1.29 is 9.53 Å². The monoisotopic (exact) mass is 342 g/mol. The molecule has 0 saturated carbocycles. The fourth-order valence-corrected chi connectivity index (χ4v) is 2.40. The van der Waals surface area contributed by atoms with Crippen molar-refractivity contribution in [3.63, 3.8) is 0 Å². The van der Waals surface area contributed by atoms with Gasteiger partial charge in [-0.3, -0.25) is 4.79 Å². The average Bonchev–Trinajstić information content (AvgIpc) is 2.67. The minimum absolute atomic E-state index is 0.108. The standard InChI is InChI=1S/C13H12BrClN2O2/c1-8-5-9(2)17(16-8)13(18)7-19-12-4-3-10(14)6-11(12)15/h3-6H,7H2,1-2H3. The molecular weight excluding hydrogens is 332 g/mol. The van der Waals surface area contributed by atoms with Crippen molar-refractivity contribution in [3.8, 4) is 5.75 Å². The van der Waals surface area contributed by atoms with E-state index in [1.54, 1.807) is 18.2 Å². The summed E-state index contributed by atoms with van der Waals surface area (Å²) in [5.74, 6) is 0.240. The quantitative estimate of drug-likeness (QED) is 0.854.